The fraction of sp³-hybridized carbons (Fsp3) is 0.348. The van der Waals surface area contributed by atoms with E-state index in [2.05, 4.69) is 26.7 Å². The molecule has 3 N–H and O–H groups in total. The van der Waals surface area contributed by atoms with Crippen molar-refractivity contribution in [2.75, 3.05) is 20.3 Å². The van der Waals surface area contributed by atoms with Crippen LogP contribution in [0.15, 0.2) is 42.6 Å². The second-order valence-corrected chi connectivity index (χ2v) is 8.12. The summed E-state index contributed by atoms with van der Waals surface area (Å²) >= 11 is 0. The largest absolute Gasteiger partial charge is 0.381 e. The average Bonchev–Trinajstić information content (AvgIpc) is 3.16. The maximum atomic E-state index is 13.0. The van der Waals surface area contributed by atoms with Crippen molar-refractivity contribution >= 4 is 22.7 Å². The Morgan fingerprint density at radius 2 is 1.97 bits per heavy atom. The van der Waals surface area contributed by atoms with E-state index in [1.807, 2.05) is 31.3 Å². The summed E-state index contributed by atoms with van der Waals surface area (Å²) in [6, 6.07) is 11.6. The molecule has 0 spiro atoms. The van der Waals surface area contributed by atoms with E-state index in [0.29, 0.717) is 36.3 Å². The van der Waals surface area contributed by atoms with Crippen molar-refractivity contribution in [3.63, 3.8) is 0 Å². The standard InChI is InChI=1S/C23H24N4O3/c1-12(14-4-3-5-18-15(14)6-7-25-18)19-8-13(9-20(26-19)23(29)24-2)22(28)27-21-16-10-30-11-17(16)21/h3-9,12,16-17,21,25H,10-11H2,1-2H3,(H,24,29)(H,27,28)/t12-,16-,17+,21+/m1/s1. The lowest BCUT2D eigenvalue weighted by atomic mass is 9.93. The number of fused-ring (bicyclic) bond motifs is 2. The maximum absolute atomic E-state index is 13.0. The van der Waals surface area contributed by atoms with Gasteiger partial charge in [0, 0.05) is 59.2 Å². The van der Waals surface area contributed by atoms with Crippen LogP contribution in [0.25, 0.3) is 10.9 Å². The minimum atomic E-state index is -0.311. The molecule has 0 bridgehead atoms. The van der Waals surface area contributed by atoms with Crippen molar-refractivity contribution in [1.29, 1.82) is 0 Å². The first-order valence-corrected chi connectivity index (χ1v) is 10.3. The van der Waals surface area contributed by atoms with Gasteiger partial charge in [-0.05, 0) is 29.8 Å². The van der Waals surface area contributed by atoms with Crippen molar-refractivity contribution < 1.29 is 14.3 Å². The lowest BCUT2D eigenvalue weighted by Crippen LogP contribution is -2.30. The Balaban J connectivity index is 1.49. The summed E-state index contributed by atoms with van der Waals surface area (Å²) in [4.78, 5) is 33.1. The highest BCUT2D eigenvalue weighted by atomic mass is 16.5. The summed E-state index contributed by atoms with van der Waals surface area (Å²) in [6.45, 7) is 3.46. The molecule has 2 fully saturated rings. The van der Waals surface area contributed by atoms with E-state index in [1.165, 1.54) is 0 Å². The molecule has 1 aliphatic carbocycles. The summed E-state index contributed by atoms with van der Waals surface area (Å²) in [7, 11) is 1.56. The van der Waals surface area contributed by atoms with Crippen LogP contribution in [0.2, 0.25) is 0 Å². The molecule has 7 heteroatoms. The van der Waals surface area contributed by atoms with Gasteiger partial charge < -0.3 is 20.4 Å². The number of pyridine rings is 1. The number of H-pyrrole nitrogens is 1. The zero-order valence-electron chi connectivity index (χ0n) is 16.9. The second-order valence-electron chi connectivity index (χ2n) is 8.12. The van der Waals surface area contributed by atoms with Gasteiger partial charge in [0.1, 0.15) is 5.69 Å². The second kappa shape index (κ2) is 7.25. The van der Waals surface area contributed by atoms with Gasteiger partial charge in [0.2, 0.25) is 0 Å². The predicted octanol–water partition coefficient (Wildman–Crippen LogP) is 2.45. The van der Waals surface area contributed by atoms with Crippen molar-refractivity contribution in [2.24, 2.45) is 11.8 Å². The van der Waals surface area contributed by atoms with Crippen LogP contribution in [0.4, 0.5) is 0 Å². The Morgan fingerprint density at radius 3 is 2.73 bits per heavy atom. The number of aromatic nitrogens is 2. The first kappa shape index (κ1) is 18.8. The fourth-order valence-corrected chi connectivity index (χ4v) is 4.48. The van der Waals surface area contributed by atoms with E-state index in [1.54, 1.807) is 19.2 Å². The van der Waals surface area contributed by atoms with Crippen LogP contribution in [-0.2, 0) is 4.74 Å². The SMILES string of the molecule is CNC(=O)c1cc(C(=O)N[C@H]2[C@@H]3COC[C@@H]32)cc([C@H](C)c2cccc3[nH]ccc23)n1. The highest BCUT2D eigenvalue weighted by Crippen LogP contribution is 2.44. The van der Waals surface area contributed by atoms with E-state index in [0.717, 1.165) is 16.5 Å². The first-order chi connectivity index (χ1) is 14.6. The maximum Gasteiger partial charge on any atom is 0.269 e. The van der Waals surface area contributed by atoms with Crippen LogP contribution in [-0.4, -0.2) is 48.1 Å². The number of hydrogen-bond donors (Lipinski definition) is 3. The number of benzene rings is 1. The summed E-state index contributed by atoms with van der Waals surface area (Å²) in [5, 5.41) is 6.82. The van der Waals surface area contributed by atoms with Crippen LogP contribution in [0.3, 0.4) is 0 Å². The molecule has 1 aromatic carbocycles. The Morgan fingerprint density at radius 1 is 1.17 bits per heavy atom. The first-order valence-electron chi connectivity index (χ1n) is 10.3. The number of rotatable bonds is 5. The number of ether oxygens (including phenoxy) is 1. The molecule has 2 aliphatic rings. The number of nitrogens with one attached hydrogen (secondary N) is 3. The fourth-order valence-electron chi connectivity index (χ4n) is 4.48. The van der Waals surface area contributed by atoms with E-state index < -0.39 is 0 Å². The van der Waals surface area contributed by atoms with Crippen LogP contribution >= 0.6 is 0 Å². The Hall–Kier alpha value is -3.19. The number of carbonyl (C=O) groups excluding carboxylic acids is 2. The summed E-state index contributed by atoms with van der Waals surface area (Å²) in [6.07, 6.45) is 1.91. The smallest absolute Gasteiger partial charge is 0.269 e. The monoisotopic (exact) mass is 404 g/mol. The molecular formula is C23H24N4O3. The zero-order valence-corrected chi connectivity index (χ0v) is 16.9. The van der Waals surface area contributed by atoms with E-state index in [-0.39, 0.29) is 29.5 Å². The Bertz CT molecular complexity index is 1130. The number of amides is 2. The Labute approximate surface area is 174 Å². The van der Waals surface area contributed by atoms with Crippen LogP contribution in [0.1, 0.15) is 44.9 Å². The van der Waals surface area contributed by atoms with Crippen molar-refractivity contribution in [1.82, 2.24) is 20.6 Å². The van der Waals surface area contributed by atoms with Gasteiger partial charge in [-0.3, -0.25) is 9.59 Å². The summed E-state index contributed by atoms with van der Waals surface area (Å²) in [5.41, 5.74) is 3.53. The van der Waals surface area contributed by atoms with Crippen molar-refractivity contribution in [2.45, 2.75) is 18.9 Å². The third-order valence-corrected chi connectivity index (χ3v) is 6.36. The molecule has 30 heavy (non-hydrogen) atoms. The van der Waals surface area contributed by atoms with Crippen molar-refractivity contribution in [3.8, 4) is 0 Å². The molecule has 154 valence electrons. The Kier molecular flexibility index (Phi) is 4.55. The van der Waals surface area contributed by atoms with Gasteiger partial charge in [0.25, 0.3) is 11.8 Å². The van der Waals surface area contributed by atoms with Gasteiger partial charge in [0.05, 0.1) is 13.2 Å². The lowest BCUT2D eigenvalue weighted by molar-refractivity contribution is 0.0928. The molecule has 2 amide bonds. The molecule has 2 aromatic heterocycles. The molecular weight excluding hydrogens is 380 g/mol. The van der Waals surface area contributed by atoms with Crippen LogP contribution in [0.5, 0.6) is 0 Å². The van der Waals surface area contributed by atoms with Gasteiger partial charge in [-0.1, -0.05) is 19.1 Å². The van der Waals surface area contributed by atoms with Gasteiger partial charge >= 0.3 is 0 Å². The number of nitrogens with zero attached hydrogens (tertiary/aromatic N) is 1. The van der Waals surface area contributed by atoms with E-state index in [4.69, 9.17) is 4.74 Å². The molecule has 3 heterocycles. The number of aromatic amines is 1. The summed E-state index contributed by atoms with van der Waals surface area (Å²) < 4.78 is 5.40. The third kappa shape index (κ3) is 3.15. The quantitative estimate of drug-likeness (QED) is 0.609. The minimum absolute atomic E-state index is 0.0886. The molecule has 0 radical (unpaired) electrons. The van der Waals surface area contributed by atoms with Gasteiger partial charge in [0.15, 0.2) is 0 Å². The average molecular weight is 404 g/mol. The minimum Gasteiger partial charge on any atom is -0.381 e. The molecule has 0 unspecified atom stereocenters. The van der Waals surface area contributed by atoms with E-state index >= 15 is 0 Å². The topological polar surface area (TPSA) is 96.1 Å². The molecule has 1 saturated carbocycles. The number of carbonyl (C=O) groups is 2. The number of hydrogen-bond acceptors (Lipinski definition) is 4. The lowest BCUT2D eigenvalue weighted by Gasteiger charge is -2.16. The highest BCUT2D eigenvalue weighted by molar-refractivity contribution is 5.99. The molecule has 5 rings (SSSR count). The molecule has 1 saturated heterocycles. The zero-order chi connectivity index (χ0) is 20.8. The molecule has 7 nitrogen and oxygen atoms in total. The van der Waals surface area contributed by atoms with E-state index in [9.17, 15) is 9.59 Å². The highest BCUT2D eigenvalue weighted by Gasteiger charge is 2.54. The van der Waals surface area contributed by atoms with Crippen LogP contribution in [0, 0.1) is 11.8 Å². The van der Waals surface area contributed by atoms with Gasteiger partial charge in [-0.25, -0.2) is 4.98 Å². The van der Waals surface area contributed by atoms with Gasteiger partial charge in [-0.15, -0.1) is 0 Å². The van der Waals surface area contributed by atoms with Crippen LogP contribution < -0.4 is 10.6 Å². The third-order valence-electron chi connectivity index (χ3n) is 6.36. The van der Waals surface area contributed by atoms with Gasteiger partial charge in [-0.2, -0.15) is 0 Å². The molecule has 1 aliphatic heterocycles. The molecule has 4 atom stereocenters. The normalized spacial score (nSPS) is 23.1. The summed E-state index contributed by atoms with van der Waals surface area (Å²) in [5.74, 6) is 0.261. The van der Waals surface area contributed by atoms with Crippen molar-refractivity contribution in [3.05, 3.63) is 65.1 Å². The predicted molar refractivity (Wildman–Crippen MR) is 112 cm³/mol. The molecule has 3 aromatic rings.